The van der Waals surface area contributed by atoms with E-state index in [1.54, 1.807) is 19.2 Å². The predicted molar refractivity (Wildman–Crippen MR) is 93.8 cm³/mol. The molecule has 124 valence electrons. The maximum atomic E-state index is 12.7. The van der Waals surface area contributed by atoms with Gasteiger partial charge in [0.05, 0.1) is 28.8 Å². The van der Waals surface area contributed by atoms with Crippen molar-refractivity contribution in [1.29, 1.82) is 0 Å². The van der Waals surface area contributed by atoms with Gasteiger partial charge in [-0.1, -0.05) is 41.4 Å². The van der Waals surface area contributed by atoms with Gasteiger partial charge in [0.15, 0.2) is 0 Å². The van der Waals surface area contributed by atoms with Crippen molar-refractivity contribution in [2.75, 3.05) is 12.0 Å². The maximum absolute atomic E-state index is 12.7. The van der Waals surface area contributed by atoms with Crippen LogP contribution in [0.15, 0.2) is 42.5 Å². The Morgan fingerprint density at radius 3 is 2.58 bits per heavy atom. The van der Waals surface area contributed by atoms with Crippen LogP contribution in [0.3, 0.4) is 0 Å². The normalized spacial score (nSPS) is 17.5. The number of benzene rings is 2. The summed E-state index contributed by atoms with van der Waals surface area (Å²) in [5.74, 6) is -0.170. The number of hydrogen-bond acceptors (Lipinski definition) is 3. The first kappa shape index (κ1) is 16.8. The van der Waals surface area contributed by atoms with Crippen LogP contribution in [0.25, 0.3) is 0 Å². The molecule has 0 spiro atoms. The van der Waals surface area contributed by atoms with Gasteiger partial charge in [0.1, 0.15) is 5.75 Å². The highest BCUT2D eigenvalue weighted by molar-refractivity contribution is 6.42. The number of nitrogens with zero attached hydrogens (tertiary/aromatic N) is 1. The predicted octanol–water partition coefficient (Wildman–Crippen LogP) is 4.12. The molecule has 4 nitrogen and oxygen atoms in total. The molecular formula is C18H15Cl2NO3. The molecule has 0 radical (unpaired) electrons. The lowest BCUT2D eigenvalue weighted by Gasteiger charge is -2.16. The van der Waals surface area contributed by atoms with E-state index in [0.29, 0.717) is 27.9 Å². The Morgan fingerprint density at radius 2 is 1.88 bits per heavy atom. The topological polar surface area (TPSA) is 46.6 Å². The van der Waals surface area contributed by atoms with E-state index in [9.17, 15) is 9.59 Å². The summed E-state index contributed by atoms with van der Waals surface area (Å²) in [5, 5.41) is 0.688. The number of amides is 2. The number of para-hydroxylation sites is 1. The number of imide groups is 1. The molecule has 1 fully saturated rings. The standard InChI is InChI=1S/C18H15Cl2NO3/c1-24-16-5-3-2-4-11(16)8-12-9-17(22)21(18(12)23)13-6-7-14(19)15(20)10-13/h2-7,10,12H,8-9H2,1H3. The monoisotopic (exact) mass is 363 g/mol. The minimum atomic E-state index is -0.414. The zero-order chi connectivity index (χ0) is 17.3. The Kier molecular flexibility index (Phi) is 4.78. The smallest absolute Gasteiger partial charge is 0.237 e. The fraction of sp³-hybridized carbons (Fsp3) is 0.222. The number of carbonyl (C=O) groups excluding carboxylic acids is 2. The number of rotatable bonds is 4. The highest BCUT2D eigenvalue weighted by Gasteiger charge is 2.39. The van der Waals surface area contributed by atoms with E-state index in [0.717, 1.165) is 5.56 Å². The molecule has 1 unspecified atom stereocenters. The molecule has 24 heavy (non-hydrogen) atoms. The summed E-state index contributed by atoms with van der Waals surface area (Å²) in [6.45, 7) is 0. The van der Waals surface area contributed by atoms with Crippen LogP contribution in [0, 0.1) is 5.92 Å². The molecule has 1 saturated heterocycles. The van der Waals surface area contributed by atoms with Gasteiger partial charge in [0.2, 0.25) is 11.8 Å². The Hall–Kier alpha value is -2.04. The van der Waals surface area contributed by atoms with Gasteiger partial charge in [0, 0.05) is 6.42 Å². The lowest BCUT2D eigenvalue weighted by atomic mass is 9.97. The van der Waals surface area contributed by atoms with Crippen molar-refractivity contribution in [2.24, 2.45) is 5.92 Å². The van der Waals surface area contributed by atoms with E-state index >= 15 is 0 Å². The average molecular weight is 364 g/mol. The van der Waals surface area contributed by atoms with Crippen molar-refractivity contribution in [3.8, 4) is 5.75 Å². The van der Waals surface area contributed by atoms with Gasteiger partial charge >= 0.3 is 0 Å². The molecule has 1 aliphatic heterocycles. The highest BCUT2D eigenvalue weighted by Crippen LogP contribution is 2.33. The molecule has 0 aromatic heterocycles. The first-order chi connectivity index (χ1) is 11.5. The average Bonchev–Trinajstić information content (AvgIpc) is 2.85. The van der Waals surface area contributed by atoms with Crippen molar-refractivity contribution < 1.29 is 14.3 Å². The molecule has 2 aromatic carbocycles. The molecule has 0 bridgehead atoms. The Balaban J connectivity index is 1.85. The Morgan fingerprint density at radius 1 is 1.12 bits per heavy atom. The van der Waals surface area contributed by atoms with Crippen LogP contribution in [0.1, 0.15) is 12.0 Å². The van der Waals surface area contributed by atoms with Crippen LogP contribution in [0.4, 0.5) is 5.69 Å². The number of halogens is 2. The van der Waals surface area contributed by atoms with Gasteiger partial charge in [-0.15, -0.1) is 0 Å². The quantitative estimate of drug-likeness (QED) is 0.767. The first-order valence-electron chi connectivity index (χ1n) is 7.45. The van der Waals surface area contributed by atoms with E-state index in [2.05, 4.69) is 0 Å². The van der Waals surface area contributed by atoms with Gasteiger partial charge in [0.25, 0.3) is 0 Å². The molecule has 2 aromatic rings. The molecule has 6 heteroatoms. The minimum absolute atomic E-state index is 0.164. The largest absolute Gasteiger partial charge is 0.496 e. The zero-order valence-corrected chi connectivity index (χ0v) is 14.5. The van der Waals surface area contributed by atoms with E-state index in [-0.39, 0.29) is 18.2 Å². The van der Waals surface area contributed by atoms with Crippen LogP contribution in [0.5, 0.6) is 5.75 Å². The van der Waals surface area contributed by atoms with Crippen LogP contribution < -0.4 is 9.64 Å². The lowest BCUT2D eigenvalue weighted by molar-refractivity contribution is -0.122. The molecule has 1 atom stereocenters. The summed E-state index contributed by atoms with van der Waals surface area (Å²) in [4.78, 5) is 26.2. The second-order valence-electron chi connectivity index (χ2n) is 5.58. The van der Waals surface area contributed by atoms with Crippen LogP contribution in [0.2, 0.25) is 10.0 Å². The van der Waals surface area contributed by atoms with E-state index in [4.69, 9.17) is 27.9 Å². The number of ether oxygens (including phenoxy) is 1. The highest BCUT2D eigenvalue weighted by atomic mass is 35.5. The molecule has 1 heterocycles. The summed E-state index contributed by atoms with van der Waals surface area (Å²) in [7, 11) is 1.59. The summed E-state index contributed by atoms with van der Waals surface area (Å²) < 4.78 is 5.32. The van der Waals surface area contributed by atoms with Gasteiger partial charge in [-0.2, -0.15) is 0 Å². The summed E-state index contributed by atoms with van der Waals surface area (Å²) in [6, 6.07) is 12.2. The van der Waals surface area contributed by atoms with E-state index < -0.39 is 5.92 Å². The summed E-state index contributed by atoms with van der Waals surface area (Å²) in [5.41, 5.74) is 1.35. The third-order valence-corrected chi connectivity index (χ3v) is 4.80. The van der Waals surface area contributed by atoms with Gasteiger partial charge < -0.3 is 4.74 Å². The number of hydrogen-bond donors (Lipinski definition) is 0. The Bertz CT molecular complexity index is 807. The van der Waals surface area contributed by atoms with Crippen molar-refractivity contribution in [3.05, 3.63) is 58.1 Å². The van der Waals surface area contributed by atoms with Gasteiger partial charge in [-0.25, -0.2) is 0 Å². The second kappa shape index (κ2) is 6.83. The summed E-state index contributed by atoms with van der Waals surface area (Å²) >= 11 is 11.9. The van der Waals surface area contributed by atoms with E-state index in [1.807, 2.05) is 24.3 Å². The summed E-state index contributed by atoms with van der Waals surface area (Å²) in [6.07, 6.45) is 0.615. The molecule has 0 N–H and O–H groups in total. The third kappa shape index (κ3) is 3.12. The second-order valence-corrected chi connectivity index (χ2v) is 6.40. The molecule has 3 rings (SSSR count). The first-order valence-corrected chi connectivity index (χ1v) is 8.20. The maximum Gasteiger partial charge on any atom is 0.237 e. The molecule has 2 amide bonds. The minimum Gasteiger partial charge on any atom is -0.496 e. The van der Waals surface area contributed by atoms with Crippen molar-refractivity contribution in [2.45, 2.75) is 12.8 Å². The van der Waals surface area contributed by atoms with Crippen LogP contribution in [-0.2, 0) is 16.0 Å². The SMILES string of the molecule is COc1ccccc1CC1CC(=O)N(c2ccc(Cl)c(Cl)c2)C1=O. The zero-order valence-electron chi connectivity index (χ0n) is 13.0. The molecule has 1 aliphatic rings. The molecule has 0 aliphatic carbocycles. The fourth-order valence-electron chi connectivity index (χ4n) is 2.89. The lowest BCUT2D eigenvalue weighted by Crippen LogP contribution is -2.30. The fourth-order valence-corrected chi connectivity index (χ4v) is 3.18. The number of carbonyl (C=O) groups is 2. The van der Waals surface area contributed by atoms with Gasteiger partial charge in [-0.05, 0) is 36.2 Å². The van der Waals surface area contributed by atoms with E-state index in [1.165, 1.54) is 11.0 Å². The number of anilines is 1. The van der Waals surface area contributed by atoms with Gasteiger partial charge in [-0.3, -0.25) is 14.5 Å². The van der Waals surface area contributed by atoms with Crippen molar-refractivity contribution in [1.82, 2.24) is 0 Å². The van der Waals surface area contributed by atoms with Crippen molar-refractivity contribution >= 4 is 40.7 Å². The Labute approximate surface area is 149 Å². The van der Waals surface area contributed by atoms with Crippen LogP contribution in [-0.4, -0.2) is 18.9 Å². The van der Waals surface area contributed by atoms with Crippen LogP contribution >= 0.6 is 23.2 Å². The molecule has 0 saturated carbocycles. The van der Waals surface area contributed by atoms with Crippen molar-refractivity contribution in [3.63, 3.8) is 0 Å². The third-order valence-electron chi connectivity index (χ3n) is 4.06. The number of methoxy groups -OCH3 is 1. The molecular weight excluding hydrogens is 349 g/mol.